The van der Waals surface area contributed by atoms with Gasteiger partial charge >= 0.3 is 5.97 Å². The molecule has 2 heterocycles. The number of amides is 1. The molecule has 1 N–H and O–H groups in total. The van der Waals surface area contributed by atoms with Gasteiger partial charge < -0.3 is 10.0 Å². The third kappa shape index (κ3) is 2.22. The predicted molar refractivity (Wildman–Crippen MR) is 74.3 cm³/mol. The topological polar surface area (TPSA) is 60.9 Å². The number of piperidine rings is 1. The van der Waals surface area contributed by atoms with Gasteiger partial charge in [0.2, 0.25) is 5.91 Å². The number of nitrogens with zero attached hydrogens (tertiary/aromatic N) is 2. The highest BCUT2D eigenvalue weighted by Crippen LogP contribution is 2.40. The maximum Gasteiger partial charge on any atom is 0.320 e. The zero-order valence-electron chi connectivity index (χ0n) is 12.1. The first-order valence-corrected chi connectivity index (χ1v) is 7.85. The second kappa shape index (κ2) is 5.35. The van der Waals surface area contributed by atoms with Gasteiger partial charge in [-0.15, -0.1) is 0 Å². The van der Waals surface area contributed by atoms with Crippen LogP contribution in [-0.4, -0.2) is 58.5 Å². The van der Waals surface area contributed by atoms with Crippen LogP contribution in [0.3, 0.4) is 0 Å². The molecule has 0 aromatic rings. The first kappa shape index (κ1) is 13.9. The maximum atomic E-state index is 12.3. The van der Waals surface area contributed by atoms with Gasteiger partial charge in [0.15, 0.2) is 0 Å². The summed E-state index contributed by atoms with van der Waals surface area (Å²) in [6.07, 6.45) is 7.17. The van der Waals surface area contributed by atoms with Crippen molar-refractivity contribution in [2.24, 2.45) is 5.92 Å². The lowest BCUT2D eigenvalue weighted by Gasteiger charge is -2.49. The van der Waals surface area contributed by atoms with Crippen molar-refractivity contribution >= 4 is 11.9 Å². The van der Waals surface area contributed by atoms with E-state index < -0.39 is 12.0 Å². The van der Waals surface area contributed by atoms with E-state index in [0.717, 1.165) is 25.8 Å². The number of hydrogen-bond acceptors (Lipinski definition) is 3. The monoisotopic (exact) mass is 280 g/mol. The van der Waals surface area contributed by atoms with E-state index in [-0.39, 0.29) is 11.9 Å². The fraction of sp³-hybridized carbons (Fsp3) is 0.867. The Morgan fingerprint density at radius 2 is 1.90 bits per heavy atom. The van der Waals surface area contributed by atoms with Gasteiger partial charge in [-0.3, -0.25) is 14.5 Å². The summed E-state index contributed by atoms with van der Waals surface area (Å²) >= 11 is 0. The molecular formula is C15H24N2O3. The van der Waals surface area contributed by atoms with Crippen LogP contribution in [0, 0.1) is 5.92 Å². The zero-order valence-corrected chi connectivity index (χ0v) is 12.1. The summed E-state index contributed by atoms with van der Waals surface area (Å²) in [5.74, 6) is -0.0445. The van der Waals surface area contributed by atoms with Crippen LogP contribution >= 0.6 is 0 Å². The molecule has 1 amide bonds. The molecule has 5 nitrogen and oxygen atoms in total. The lowest BCUT2D eigenvalue weighted by atomic mass is 9.75. The summed E-state index contributed by atoms with van der Waals surface area (Å²) in [7, 11) is 1.82. The zero-order chi connectivity index (χ0) is 14.3. The normalized spacial score (nSPS) is 38.9. The van der Waals surface area contributed by atoms with Crippen LogP contribution in [0.5, 0.6) is 0 Å². The van der Waals surface area contributed by atoms with Gasteiger partial charge in [-0.05, 0) is 38.0 Å². The van der Waals surface area contributed by atoms with Crippen molar-refractivity contribution in [3.05, 3.63) is 0 Å². The number of rotatable bonds is 2. The molecule has 20 heavy (non-hydrogen) atoms. The van der Waals surface area contributed by atoms with E-state index in [1.165, 1.54) is 19.3 Å². The lowest BCUT2D eigenvalue weighted by molar-refractivity contribution is -0.153. The third-order valence-electron chi connectivity index (χ3n) is 5.47. The van der Waals surface area contributed by atoms with Crippen LogP contribution in [0.2, 0.25) is 0 Å². The number of carboxylic acid groups (broad SMARTS) is 1. The van der Waals surface area contributed by atoms with Crippen molar-refractivity contribution < 1.29 is 14.7 Å². The second-order valence-electron chi connectivity index (χ2n) is 6.55. The van der Waals surface area contributed by atoms with Crippen LogP contribution in [0.25, 0.3) is 0 Å². The summed E-state index contributed by atoms with van der Waals surface area (Å²) < 4.78 is 0. The lowest BCUT2D eigenvalue weighted by Crippen LogP contribution is -2.60. The van der Waals surface area contributed by atoms with Crippen molar-refractivity contribution in [3.63, 3.8) is 0 Å². The molecule has 1 saturated carbocycles. The summed E-state index contributed by atoms with van der Waals surface area (Å²) in [5.41, 5.74) is 0. The molecule has 2 aliphatic heterocycles. The number of likely N-dealkylation sites (tertiary alicyclic amines) is 2. The fourth-order valence-electron chi connectivity index (χ4n) is 4.45. The Balaban J connectivity index is 1.88. The van der Waals surface area contributed by atoms with Gasteiger partial charge in [0.05, 0.1) is 6.04 Å². The molecule has 0 bridgehead atoms. The van der Waals surface area contributed by atoms with Crippen LogP contribution in [0.4, 0.5) is 0 Å². The minimum atomic E-state index is -0.753. The largest absolute Gasteiger partial charge is 0.480 e. The Labute approximate surface area is 119 Å². The predicted octanol–water partition coefficient (Wildman–Crippen LogP) is 1.32. The molecule has 4 atom stereocenters. The molecule has 4 unspecified atom stereocenters. The number of aliphatic carboxylic acids is 1. The number of hydrogen-bond donors (Lipinski definition) is 1. The summed E-state index contributed by atoms with van der Waals surface area (Å²) in [6, 6.07) is -0.360. The van der Waals surface area contributed by atoms with E-state index in [4.69, 9.17) is 0 Å². The Hall–Kier alpha value is -1.10. The first-order chi connectivity index (χ1) is 9.59. The van der Waals surface area contributed by atoms with E-state index in [2.05, 4.69) is 4.90 Å². The molecule has 3 aliphatic rings. The number of fused-ring (bicyclic) bond motifs is 1. The Bertz CT molecular complexity index is 412. The van der Waals surface area contributed by atoms with Gasteiger partial charge in [-0.25, -0.2) is 0 Å². The van der Waals surface area contributed by atoms with E-state index in [1.54, 1.807) is 4.90 Å². The number of carbonyl (C=O) groups excluding carboxylic acids is 1. The average Bonchev–Trinajstić information content (AvgIpc) is 2.77. The van der Waals surface area contributed by atoms with Gasteiger partial charge in [0.1, 0.15) is 6.04 Å². The molecule has 2 saturated heterocycles. The molecule has 0 aromatic heterocycles. The fourth-order valence-corrected chi connectivity index (χ4v) is 4.45. The summed E-state index contributed by atoms with van der Waals surface area (Å²) in [5, 5.41) is 9.54. The Morgan fingerprint density at radius 1 is 1.15 bits per heavy atom. The molecule has 3 fully saturated rings. The number of carboxylic acids is 1. The van der Waals surface area contributed by atoms with Gasteiger partial charge in [0.25, 0.3) is 0 Å². The minimum absolute atomic E-state index is 0.113. The van der Waals surface area contributed by atoms with Gasteiger partial charge in [-0.2, -0.15) is 0 Å². The van der Waals surface area contributed by atoms with Crippen LogP contribution in [0.15, 0.2) is 0 Å². The van der Waals surface area contributed by atoms with E-state index >= 15 is 0 Å². The number of likely N-dealkylation sites (N-methyl/N-ethyl adjacent to an activating group) is 1. The van der Waals surface area contributed by atoms with E-state index in [9.17, 15) is 14.7 Å². The van der Waals surface area contributed by atoms with E-state index in [0.29, 0.717) is 18.4 Å². The molecular weight excluding hydrogens is 256 g/mol. The summed E-state index contributed by atoms with van der Waals surface area (Å²) in [6.45, 7) is 0.754. The van der Waals surface area contributed by atoms with Crippen molar-refractivity contribution in [1.29, 1.82) is 0 Å². The van der Waals surface area contributed by atoms with E-state index in [1.807, 2.05) is 7.05 Å². The quantitative estimate of drug-likeness (QED) is 0.829. The minimum Gasteiger partial charge on any atom is -0.480 e. The van der Waals surface area contributed by atoms with Crippen molar-refractivity contribution in [2.45, 2.75) is 63.1 Å². The Morgan fingerprint density at radius 3 is 2.55 bits per heavy atom. The molecule has 0 aromatic carbocycles. The smallest absolute Gasteiger partial charge is 0.320 e. The highest BCUT2D eigenvalue weighted by Gasteiger charge is 2.48. The standard InChI is InChI=1S/C15H24N2O3/c1-16-9-8-12(14(16)18)17-11-5-3-2-4-10(11)6-7-13(17)15(19)20/h10-13H,2-9H2,1H3,(H,19,20). The van der Waals surface area contributed by atoms with Crippen molar-refractivity contribution in [1.82, 2.24) is 9.80 Å². The molecule has 5 heteroatoms. The molecule has 1 aliphatic carbocycles. The highest BCUT2D eigenvalue weighted by molar-refractivity contribution is 5.85. The second-order valence-corrected chi connectivity index (χ2v) is 6.55. The van der Waals surface area contributed by atoms with Crippen LogP contribution in [-0.2, 0) is 9.59 Å². The van der Waals surface area contributed by atoms with Crippen LogP contribution < -0.4 is 0 Å². The van der Waals surface area contributed by atoms with Gasteiger partial charge in [-0.1, -0.05) is 12.8 Å². The molecule has 3 rings (SSSR count). The first-order valence-electron chi connectivity index (χ1n) is 7.85. The van der Waals surface area contributed by atoms with Crippen LogP contribution in [0.1, 0.15) is 44.9 Å². The maximum absolute atomic E-state index is 12.3. The summed E-state index contributed by atoms with van der Waals surface area (Å²) in [4.78, 5) is 27.8. The molecule has 112 valence electrons. The highest BCUT2D eigenvalue weighted by atomic mass is 16.4. The molecule has 0 spiro atoms. The SMILES string of the molecule is CN1CCC(N2C(C(=O)O)CCC3CCCCC32)C1=O. The van der Waals surface area contributed by atoms with Crippen molar-refractivity contribution in [3.8, 4) is 0 Å². The van der Waals surface area contributed by atoms with Crippen molar-refractivity contribution in [2.75, 3.05) is 13.6 Å². The van der Waals surface area contributed by atoms with Gasteiger partial charge in [0, 0.05) is 19.6 Å². The third-order valence-corrected chi connectivity index (χ3v) is 5.47. The number of carbonyl (C=O) groups is 2. The Kier molecular flexibility index (Phi) is 3.71. The molecule has 0 radical (unpaired) electrons. The average molecular weight is 280 g/mol.